The van der Waals surface area contributed by atoms with Gasteiger partial charge in [0.15, 0.2) is 0 Å². The molecule has 1 aliphatic heterocycles. The van der Waals surface area contributed by atoms with Gasteiger partial charge in [0.05, 0.1) is 16.7 Å². The smallest absolute Gasteiger partial charge is 0.296 e. The van der Waals surface area contributed by atoms with Crippen molar-refractivity contribution in [2.24, 2.45) is 4.99 Å². The first kappa shape index (κ1) is 51.4. The summed E-state index contributed by atoms with van der Waals surface area (Å²) in [4.78, 5) is 29.2. The van der Waals surface area contributed by atoms with Crippen molar-refractivity contribution in [1.29, 1.82) is 0 Å². The number of nitrogens with one attached hydrogen (secondary N) is 3. The van der Waals surface area contributed by atoms with Crippen LogP contribution in [0.15, 0.2) is 84.8 Å². The number of anilines is 4. The van der Waals surface area contributed by atoms with Crippen molar-refractivity contribution in [1.82, 2.24) is 0 Å². The predicted octanol–water partition coefficient (Wildman–Crippen LogP) is 10.8. The molecule has 0 unspecified atom stereocenters. The number of hydrogen-bond acceptors (Lipinski definition) is 11. The fourth-order valence-electron chi connectivity index (χ4n) is 8.70. The molecule has 2 aliphatic rings. The van der Waals surface area contributed by atoms with Crippen LogP contribution >= 0.6 is 0 Å². The number of hydrogen-bond donors (Lipinski definition) is 6. The van der Waals surface area contributed by atoms with E-state index in [1.54, 1.807) is 32.9 Å². The number of carbonyl (C=O) groups excluding carboxylic acids is 2. The van der Waals surface area contributed by atoms with E-state index in [1.165, 1.54) is 56.3 Å². The van der Waals surface area contributed by atoms with Gasteiger partial charge >= 0.3 is 0 Å². The van der Waals surface area contributed by atoms with Gasteiger partial charge in [0.1, 0.15) is 26.0 Å². The first-order valence-corrected chi connectivity index (χ1v) is 26.4. The monoisotopic (exact) mass is 988 g/mol. The zero-order chi connectivity index (χ0) is 50.0. The van der Waals surface area contributed by atoms with Crippen LogP contribution in [0.1, 0.15) is 98.6 Å². The molecule has 0 spiro atoms. The summed E-state index contributed by atoms with van der Waals surface area (Å²) < 4.78 is 116. The van der Waals surface area contributed by atoms with Crippen LogP contribution in [0.2, 0.25) is 0 Å². The highest BCUT2D eigenvalue weighted by molar-refractivity contribution is 7.86. The van der Waals surface area contributed by atoms with Crippen molar-refractivity contribution < 1.29 is 52.9 Å². The first-order chi connectivity index (χ1) is 31.9. The van der Waals surface area contributed by atoms with E-state index in [0.29, 0.717) is 53.0 Å². The van der Waals surface area contributed by atoms with Gasteiger partial charge in [0.25, 0.3) is 30.4 Å². The fraction of sp³-hybridized carbons (Fsp3) is 0.327. The van der Waals surface area contributed by atoms with Crippen LogP contribution in [0.3, 0.4) is 0 Å². The SMILES string of the molecule is CCCCCC(=O)Nc1c(C)cc(C)c(/N=c2\cc3oc4cc(Nc5c(C)c(NC(=O)CCCCC)c(C)c(S(=O)(=O)O)c5C)ccc4c(-c4ccccc4S(=O)(=O)O)c-3cc2S(=O)(=O)O)c1C. The third kappa shape index (κ3) is 11.0. The van der Waals surface area contributed by atoms with Gasteiger partial charge in [0.2, 0.25) is 11.8 Å². The van der Waals surface area contributed by atoms with Gasteiger partial charge in [-0.25, -0.2) is 4.99 Å². The molecule has 16 nitrogen and oxygen atoms in total. The third-order valence-corrected chi connectivity index (χ3v) is 14.9. The molecule has 0 fully saturated rings. The van der Waals surface area contributed by atoms with Crippen LogP contribution in [0.25, 0.3) is 33.4 Å². The largest absolute Gasteiger partial charge is 0.456 e. The Kier molecular flexibility index (Phi) is 15.4. The molecule has 6 N–H and O–H groups in total. The molecule has 2 amide bonds. The average molecular weight is 989 g/mol. The van der Waals surface area contributed by atoms with Gasteiger partial charge in [-0.3, -0.25) is 23.2 Å². The second kappa shape index (κ2) is 20.3. The minimum atomic E-state index is -5.07. The Hall–Kier alpha value is -5.96. The number of carbonyl (C=O) groups is 2. The standard InChI is InChI=1S/C49H56N4O12S3/c1-9-11-13-19-42(54)52-46-28(4)23-27(3)45(29(46)5)51-37-26-39-36(25-41(37)67(59,60)61)44(35-17-15-16-18-40(35)66(56,57)58)34-22-21-33(24-38(34)65-39)50-47-30(6)48(53-43(55)20-14-12-10-2)32(8)49(31(47)7)68(62,63)64/h15-18,21-26,50H,9-14,19-20H2,1-8H3,(H,52,54)(H,53,55)(H,56,57,58)(H,59,60,61)(H,62,63,64)/b51-37+. The van der Waals surface area contributed by atoms with Gasteiger partial charge < -0.3 is 20.4 Å². The lowest BCUT2D eigenvalue weighted by Crippen LogP contribution is -2.17. The van der Waals surface area contributed by atoms with E-state index in [1.807, 2.05) is 20.8 Å². The molecule has 0 atom stereocenters. The Labute approximate surface area is 396 Å². The normalized spacial score (nSPS) is 12.5. The minimum absolute atomic E-state index is 0.0144. The van der Waals surface area contributed by atoms with E-state index in [2.05, 4.69) is 16.0 Å². The highest BCUT2D eigenvalue weighted by Crippen LogP contribution is 2.45. The second-order valence-electron chi connectivity index (χ2n) is 17.0. The van der Waals surface area contributed by atoms with Crippen molar-refractivity contribution in [2.75, 3.05) is 16.0 Å². The Morgan fingerprint density at radius 2 is 1.19 bits per heavy atom. The molecule has 0 radical (unpaired) electrons. The van der Waals surface area contributed by atoms with E-state index in [0.717, 1.165) is 37.3 Å². The molecule has 4 aromatic carbocycles. The summed E-state index contributed by atoms with van der Waals surface area (Å²) in [5, 5.41) is 9.00. The zero-order valence-corrected chi connectivity index (χ0v) is 41.6. The molecule has 19 heteroatoms. The van der Waals surface area contributed by atoms with E-state index in [9.17, 15) is 48.5 Å². The molecule has 1 heterocycles. The Bertz CT molecular complexity index is 3380. The summed E-state index contributed by atoms with van der Waals surface area (Å²) >= 11 is 0. The third-order valence-electron chi connectivity index (χ3n) is 11.9. The summed E-state index contributed by atoms with van der Waals surface area (Å²) in [6.45, 7) is 14.0. The van der Waals surface area contributed by atoms with Gasteiger partial charge in [-0.15, -0.1) is 0 Å². The Balaban J connectivity index is 1.64. The molecule has 6 rings (SSSR count). The lowest BCUT2D eigenvalue weighted by molar-refractivity contribution is -0.117. The maximum absolute atomic E-state index is 13.3. The predicted molar refractivity (Wildman–Crippen MR) is 263 cm³/mol. The number of benzene rings is 5. The first-order valence-electron chi connectivity index (χ1n) is 22.1. The summed E-state index contributed by atoms with van der Waals surface area (Å²) in [6.07, 6.45) is 5.33. The van der Waals surface area contributed by atoms with Crippen molar-refractivity contribution in [2.45, 2.75) is 121 Å². The van der Waals surface area contributed by atoms with E-state index in [-0.39, 0.29) is 79.5 Å². The van der Waals surface area contributed by atoms with Gasteiger partial charge in [0, 0.05) is 64.1 Å². The second-order valence-corrected chi connectivity index (χ2v) is 21.1. The summed E-state index contributed by atoms with van der Waals surface area (Å²) in [5.74, 6) is -0.564. The highest BCUT2D eigenvalue weighted by Gasteiger charge is 2.29. The molecule has 0 saturated heterocycles. The Morgan fingerprint density at radius 1 is 0.603 bits per heavy atom. The van der Waals surface area contributed by atoms with E-state index < -0.39 is 45.0 Å². The van der Waals surface area contributed by atoms with Crippen LogP contribution in [-0.2, 0) is 39.9 Å². The summed E-state index contributed by atoms with van der Waals surface area (Å²) in [6, 6.07) is 14.3. The van der Waals surface area contributed by atoms with Crippen molar-refractivity contribution in [3.05, 3.63) is 99.4 Å². The number of aryl methyl sites for hydroxylation is 2. The molecule has 362 valence electrons. The van der Waals surface area contributed by atoms with Crippen molar-refractivity contribution in [3.8, 4) is 22.5 Å². The summed E-state index contributed by atoms with van der Waals surface area (Å²) in [7, 11) is -14.8. The average Bonchev–Trinajstić information content (AvgIpc) is 3.24. The quantitative estimate of drug-likeness (QED) is 0.0283. The topological polar surface area (TPSA) is 259 Å². The van der Waals surface area contributed by atoms with Gasteiger partial charge in [-0.1, -0.05) is 63.8 Å². The maximum Gasteiger partial charge on any atom is 0.296 e. The molecule has 0 saturated carbocycles. The molecule has 0 aromatic heterocycles. The van der Waals surface area contributed by atoms with E-state index >= 15 is 0 Å². The number of amides is 2. The van der Waals surface area contributed by atoms with Crippen LogP contribution < -0.4 is 21.3 Å². The lowest BCUT2D eigenvalue weighted by Gasteiger charge is -2.23. The highest BCUT2D eigenvalue weighted by atomic mass is 32.2. The number of nitrogens with zero attached hydrogens (tertiary/aromatic N) is 1. The molecule has 68 heavy (non-hydrogen) atoms. The zero-order valence-electron chi connectivity index (χ0n) is 39.1. The minimum Gasteiger partial charge on any atom is -0.456 e. The van der Waals surface area contributed by atoms with Gasteiger partial charge in [-0.05, 0) is 112 Å². The molecular weight excluding hydrogens is 933 g/mol. The van der Waals surface area contributed by atoms with Crippen LogP contribution in [0, 0.1) is 41.5 Å². The lowest BCUT2D eigenvalue weighted by atomic mass is 9.93. The Morgan fingerprint density at radius 3 is 1.78 bits per heavy atom. The molecular formula is C49H56N4O12S3. The van der Waals surface area contributed by atoms with E-state index in [4.69, 9.17) is 9.41 Å². The number of fused-ring (bicyclic) bond motifs is 2. The fourth-order valence-corrected chi connectivity index (χ4v) is 11.0. The number of unbranched alkanes of at least 4 members (excludes halogenated alkanes) is 4. The van der Waals surface area contributed by atoms with Crippen LogP contribution in [0.4, 0.5) is 28.4 Å². The molecule has 0 bridgehead atoms. The van der Waals surface area contributed by atoms with Crippen molar-refractivity contribution in [3.63, 3.8) is 0 Å². The van der Waals surface area contributed by atoms with Crippen LogP contribution in [-0.4, -0.2) is 50.7 Å². The molecule has 4 aromatic rings. The van der Waals surface area contributed by atoms with Gasteiger partial charge in [-0.2, -0.15) is 25.3 Å². The van der Waals surface area contributed by atoms with Crippen molar-refractivity contribution >= 4 is 81.6 Å². The number of rotatable bonds is 17. The maximum atomic E-state index is 13.3. The van der Waals surface area contributed by atoms with Crippen LogP contribution in [0.5, 0.6) is 0 Å². The summed E-state index contributed by atoms with van der Waals surface area (Å²) in [5.41, 5.74) is 4.34. The molecule has 1 aliphatic carbocycles.